The number of thiazole rings is 1. The summed E-state index contributed by atoms with van der Waals surface area (Å²) in [5.74, 6) is 1.87. The minimum atomic E-state index is 0.0582. The van der Waals surface area contributed by atoms with Crippen molar-refractivity contribution in [2.24, 2.45) is 0 Å². The summed E-state index contributed by atoms with van der Waals surface area (Å²) in [6, 6.07) is 5.86. The van der Waals surface area contributed by atoms with Crippen LogP contribution in [0.1, 0.15) is 33.8 Å². The Morgan fingerprint density at radius 2 is 1.93 bits per heavy atom. The SMILES string of the molecule is CCc1nc(C)cc(N2CCN(C(=O)c3sc(-c4cccnc4)nc3C)CC2)n1. The quantitative estimate of drug-likeness (QED) is 0.660. The van der Waals surface area contributed by atoms with E-state index in [9.17, 15) is 4.79 Å². The molecule has 1 fully saturated rings. The lowest BCUT2D eigenvalue weighted by Gasteiger charge is -2.35. The second-order valence-corrected chi connectivity index (χ2v) is 8.09. The van der Waals surface area contributed by atoms with Crippen LogP contribution in [0.25, 0.3) is 10.6 Å². The normalized spacial score (nSPS) is 14.3. The summed E-state index contributed by atoms with van der Waals surface area (Å²) in [4.78, 5) is 35.8. The maximum Gasteiger partial charge on any atom is 0.265 e. The highest BCUT2D eigenvalue weighted by atomic mass is 32.1. The van der Waals surface area contributed by atoms with Gasteiger partial charge in [0, 0.05) is 62.3 Å². The number of aromatic nitrogens is 4. The van der Waals surface area contributed by atoms with Crippen molar-refractivity contribution in [3.05, 3.63) is 52.7 Å². The molecule has 8 heteroatoms. The Hall–Kier alpha value is -2.87. The monoisotopic (exact) mass is 408 g/mol. The topological polar surface area (TPSA) is 75.1 Å². The predicted molar refractivity (Wildman–Crippen MR) is 114 cm³/mol. The third-order valence-electron chi connectivity index (χ3n) is 4.99. The van der Waals surface area contributed by atoms with Crippen LogP contribution in [0.4, 0.5) is 5.82 Å². The lowest BCUT2D eigenvalue weighted by molar-refractivity contribution is 0.0750. The number of nitrogens with zero attached hydrogens (tertiary/aromatic N) is 6. The first-order valence-corrected chi connectivity index (χ1v) is 10.6. The van der Waals surface area contributed by atoms with Crippen LogP contribution < -0.4 is 4.90 Å². The Bertz CT molecular complexity index is 1010. The Morgan fingerprint density at radius 1 is 1.14 bits per heavy atom. The Morgan fingerprint density at radius 3 is 2.62 bits per heavy atom. The molecule has 0 radical (unpaired) electrons. The molecule has 7 nitrogen and oxygen atoms in total. The van der Waals surface area contributed by atoms with Crippen molar-refractivity contribution in [1.29, 1.82) is 0 Å². The second kappa shape index (κ2) is 8.24. The van der Waals surface area contributed by atoms with E-state index in [0.29, 0.717) is 18.0 Å². The molecule has 1 amide bonds. The van der Waals surface area contributed by atoms with Gasteiger partial charge < -0.3 is 9.80 Å². The molecule has 150 valence electrons. The van der Waals surface area contributed by atoms with E-state index in [-0.39, 0.29) is 5.91 Å². The van der Waals surface area contributed by atoms with Gasteiger partial charge in [0.25, 0.3) is 5.91 Å². The molecule has 0 atom stereocenters. The third-order valence-corrected chi connectivity index (χ3v) is 6.19. The predicted octanol–water partition coefficient (Wildman–Crippen LogP) is 3.14. The zero-order valence-corrected chi connectivity index (χ0v) is 17.7. The molecule has 4 rings (SSSR count). The van der Waals surface area contributed by atoms with E-state index in [4.69, 9.17) is 0 Å². The largest absolute Gasteiger partial charge is 0.353 e. The zero-order chi connectivity index (χ0) is 20.4. The zero-order valence-electron chi connectivity index (χ0n) is 16.9. The molecule has 0 N–H and O–H groups in total. The highest BCUT2D eigenvalue weighted by molar-refractivity contribution is 7.17. The Labute approximate surface area is 174 Å². The lowest BCUT2D eigenvalue weighted by atomic mass is 10.2. The molecule has 0 spiro atoms. The number of amides is 1. The minimum absolute atomic E-state index is 0.0582. The van der Waals surface area contributed by atoms with Gasteiger partial charge in [-0.2, -0.15) is 0 Å². The van der Waals surface area contributed by atoms with Gasteiger partial charge in [-0.25, -0.2) is 15.0 Å². The molecule has 0 bridgehead atoms. The number of hydrogen-bond donors (Lipinski definition) is 0. The molecule has 0 aliphatic carbocycles. The number of carbonyl (C=O) groups is 1. The van der Waals surface area contributed by atoms with Crippen LogP contribution >= 0.6 is 11.3 Å². The first-order chi connectivity index (χ1) is 14.0. The van der Waals surface area contributed by atoms with Gasteiger partial charge in [-0.1, -0.05) is 6.92 Å². The fraction of sp³-hybridized carbons (Fsp3) is 0.381. The van der Waals surface area contributed by atoms with Gasteiger partial charge in [0.2, 0.25) is 0 Å². The van der Waals surface area contributed by atoms with E-state index in [2.05, 4.69) is 31.8 Å². The van der Waals surface area contributed by atoms with Crippen molar-refractivity contribution in [1.82, 2.24) is 24.8 Å². The fourth-order valence-corrected chi connectivity index (χ4v) is 4.45. The van der Waals surface area contributed by atoms with Gasteiger partial charge in [0.05, 0.1) is 5.69 Å². The van der Waals surface area contributed by atoms with Gasteiger partial charge in [-0.15, -0.1) is 11.3 Å². The van der Waals surface area contributed by atoms with E-state index in [1.54, 1.807) is 12.4 Å². The summed E-state index contributed by atoms with van der Waals surface area (Å²) < 4.78 is 0. The summed E-state index contributed by atoms with van der Waals surface area (Å²) in [6.45, 7) is 8.82. The molecule has 29 heavy (non-hydrogen) atoms. The highest BCUT2D eigenvalue weighted by Gasteiger charge is 2.26. The number of rotatable bonds is 4. The maximum absolute atomic E-state index is 13.1. The maximum atomic E-state index is 13.1. The summed E-state index contributed by atoms with van der Waals surface area (Å²) in [6.07, 6.45) is 4.33. The average Bonchev–Trinajstić information content (AvgIpc) is 3.15. The molecule has 3 aromatic heterocycles. The van der Waals surface area contributed by atoms with Crippen LogP contribution in [0.5, 0.6) is 0 Å². The van der Waals surface area contributed by atoms with Crippen LogP contribution in [0, 0.1) is 13.8 Å². The van der Waals surface area contributed by atoms with Crippen molar-refractivity contribution in [2.75, 3.05) is 31.1 Å². The van der Waals surface area contributed by atoms with Crippen molar-refractivity contribution in [3.8, 4) is 10.6 Å². The van der Waals surface area contributed by atoms with E-state index in [0.717, 1.165) is 53.1 Å². The lowest BCUT2D eigenvalue weighted by Crippen LogP contribution is -2.49. The molecule has 0 unspecified atom stereocenters. The Balaban J connectivity index is 1.46. The summed E-state index contributed by atoms with van der Waals surface area (Å²) in [5, 5.41) is 0.834. The second-order valence-electron chi connectivity index (χ2n) is 7.09. The molecule has 4 heterocycles. The van der Waals surface area contributed by atoms with Crippen LogP contribution in [0.15, 0.2) is 30.6 Å². The molecule has 1 saturated heterocycles. The molecule has 0 saturated carbocycles. The standard InChI is InChI=1S/C21H24N6OS/c1-4-17-23-14(2)12-18(25-17)26-8-10-27(11-9-26)21(28)19-15(3)24-20(29-19)16-6-5-7-22-13-16/h5-7,12-13H,4,8-11H2,1-3H3. The van der Waals surface area contributed by atoms with E-state index < -0.39 is 0 Å². The van der Waals surface area contributed by atoms with Gasteiger partial charge in [0.15, 0.2) is 0 Å². The van der Waals surface area contributed by atoms with Crippen LogP contribution in [-0.4, -0.2) is 56.9 Å². The Kier molecular flexibility index (Phi) is 5.53. The molecule has 3 aromatic rings. The molecule has 1 aliphatic rings. The van der Waals surface area contributed by atoms with E-state index in [1.165, 1.54) is 11.3 Å². The number of anilines is 1. The van der Waals surface area contributed by atoms with Crippen molar-refractivity contribution >= 4 is 23.1 Å². The van der Waals surface area contributed by atoms with Gasteiger partial charge in [0.1, 0.15) is 21.5 Å². The van der Waals surface area contributed by atoms with Crippen molar-refractivity contribution < 1.29 is 4.79 Å². The number of piperazine rings is 1. The van der Waals surface area contributed by atoms with Crippen LogP contribution in [0.2, 0.25) is 0 Å². The highest BCUT2D eigenvalue weighted by Crippen LogP contribution is 2.28. The molecular formula is C21H24N6OS. The molecule has 1 aliphatic heterocycles. The number of aryl methyl sites for hydroxylation is 3. The average molecular weight is 409 g/mol. The van der Waals surface area contributed by atoms with Crippen molar-refractivity contribution in [2.45, 2.75) is 27.2 Å². The van der Waals surface area contributed by atoms with E-state index in [1.807, 2.05) is 36.9 Å². The number of hydrogen-bond acceptors (Lipinski definition) is 7. The van der Waals surface area contributed by atoms with E-state index >= 15 is 0 Å². The van der Waals surface area contributed by atoms with Gasteiger partial charge in [-0.3, -0.25) is 9.78 Å². The van der Waals surface area contributed by atoms with Crippen LogP contribution in [0.3, 0.4) is 0 Å². The smallest absolute Gasteiger partial charge is 0.265 e. The van der Waals surface area contributed by atoms with Gasteiger partial charge in [-0.05, 0) is 26.0 Å². The first kappa shape index (κ1) is 19.4. The first-order valence-electron chi connectivity index (χ1n) is 9.81. The molecular weight excluding hydrogens is 384 g/mol. The summed E-state index contributed by atoms with van der Waals surface area (Å²) in [7, 11) is 0. The third kappa shape index (κ3) is 4.12. The number of pyridine rings is 1. The van der Waals surface area contributed by atoms with Gasteiger partial charge >= 0.3 is 0 Å². The molecule has 0 aromatic carbocycles. The van der Waals surface area contributed by atoms with Crippen molar-refractivity contribution in [3.63, 3.8) is 0 Å². The fourth-order valence-electron chi connectivity index (χ4n) is 3.42. The number of carbonyl (C=O) groups excluding carboxylic acids is 1. The minimum Gasteiger partial charge on any atom is -0.353 e. The summed E-state index contributed by atoms with van der Waals surface area (Å²) in [5.41, 5.74) is 2.70. The summed E-state index contributed by atoms with van der Waals surface area (Å²) >= 11 is 1.44. The van der Waals surface area contributed by atoms with Crippen LogP contribution in [-0.2, 0) is 6.42 Å².